The van der Waals surface area contributed by atoms with E-state index in [1.165, 1.54) is 5.57 Å². The zero-order chi connectivity index (χ0) is 9.94. The van der Waals surface area contributed by atoms with Gasteiger partial charge in [0.25, 0.3) is 0 Å². The molecule has 0 bridgehead atoms. The van der Waals surface area contributed by atoms with E-state index in [-0.39, 0.29) is 11.5 Å². The van der Waals surface area contributed by atoms with Gasteiger partial charge in [-0.15, -0.1) is 0 Å². The molecule has 0 aliphatic heterocycles. The van der Waals surface area contributed by atoms with Gasteiger partial charge in [-0.3, -0.25) is 0 Å². The fourth-order valence-electron chi connectivity index (χ4n) is 1.18. The highest BCUT2D eigenvalue weighted by Gasteiger charge is 2.30. The summed E-state index contributed by atoms with van der Waals surface area (Å²) < 4.78 is 5.31. The summed E-state index contributed by atoms with van der Waals surface area (Å²) in [6.07, 6.45) is 0.289. The van der Waals surface area contributed by atoms with Crippen LogP contribution in [0.3, 0.4) is 0 Å². The maximum Gasteiger partial charge on any atom is 0.0576 e. The highest BCUT2D eigenvalue weighted by molar-refractivity contribution is 5.06. The van der Waals surface area contributed by atoms with Crippen LogP contribution >= 0.6 is 0 Å². The zero-order valence-corrected chi connectivity index (χ0v) is 9.27. The number of hydrogen-bond acceptors (Lipinski definition) is 1. The van der Waals surface area contributed by atoms with Gasteiger partial charge in [-0.1, -0.05) is 32.9 Å². The van der Waals surface area contributed by atoms with Crippen molar-refractivity contribution in [2.24, 2.45) is 11.3 Å². The van der Waals surface area contributed by atoms with Crippen LogP contribution in [0, 0.1) is 11.3 Å². The van der Waals surface area contributed by atoms with E-state index in [1.807, 2.05) is 0 Å². The van der Waals surface area contributed by atoms with E-state index in [9.17, 15) is 0 Å². The SMILES string of the molecule is C=C(C)C(C)(C)C(C)C(C)OC. The van der Waals surface area contributed by atoms with E-state index >= 15 is 0 Å². The summed E-state index contributed by atoms with van der Waals surface area (Å²) >= 11 is 0. The lowest BCUT2D eigenvalue weighted by molar-refractivity contribution is 0.0330. The monoisotopic (exact) mass is 170 g/mol. The van der Waals surface area contributed by atoms with Crippen LogP contribution in [0.5, 0.6) is 0 Å². The van der Waals surface area contributed by atoms with Crippen molar-refractivity contribution in [1.29, 1.82) is 0 Å². The van der Waals surface area contributed by atoms with E-state index in [0.29, 0.717) is 5.92 Å². The van der Waals surface area contributed by atoms with E-state index in [4.69, 9.17) is 4.74 Å². The first-order chi connectivity index (χ1) is 5.34. The molecule has 0 radical (unpaired) electrons. The second-order valence-corrected chi connectivity index (χ2v) is 4.23. The lowest BCUT2D eigenvalue weighted by atomic mass is 9.73. The Morgan fingerprint density at radius 2 is 1.75 bits per heavy atom. The molecule has 0 saturated heterocycles. The number of hydrogen-bond donors (Lipinski definition) is 0. The first-order valence-corrected chi connectivity index (χ1v) is 4.52. The van der Waals surface area contributed by atoms with Gasteiger partial charge in [0, 0.05) is 7.11 Å². The van der Waals surface area contributed by atoms with Crippen LogP contribution in [0.15, 0.2) is 12.2 Å². The Morgan fingerprint density at radius 1 is 1.33 bits per heavy atom. The van der Waals surface area contributed by atoms with Crippen molar-refractivity contribution in [1.82, 2.24) is 0 Å². The first-order valence-electron chi connectivity index (χ1n) is 4.52. The van der Waals surface area contributed by atoms with Gasteiger partial charge in [0.15, 0.2) is 0 Å². The van der Waals surface area contributed by atoms with Crippen molar-refractivity contribution in [3.63, 3.8) is 0 Å². The minimum atomic E-state index is 0.162. The fourth-order valence-corrected chi connectivity index (χ4v) is 1.18. The Kier molecular flexibility index (Phi) is 3.98. The number of methoxy groups -OCH3 is 1. The molecule has 0 aromatic carbocycles. The summed E-state index contributed by atoms with van der Waals surface area (Å²) in [5.74, 6) is 0.500. The van der Waals surface area contributed by atoms with Crippen LogP contribution in [0.25, 0.3) is 0 Å². The van der Waals surface area contributed by atoms with Crippen molar-refractivity contribution >= 4 is 0 Å². The quantitative estimate of drug-likeness (QED) is 0.588. The molecule has 0 fully saturated rings. The Balaban J connectivity index is 4.44. The zero-order valence-electron chi connectivity index (χ0n) is 9.27. The topological polar surface area (TPSA) is 9.23 Å². The molecule has 0 rings (SSSR count). The molecule has 2 unspecified atom stereocenters. The van der Waals surface area contributed by atoms with Crippen molar-refractivity contribution in [3.05, 3.63) is 12.2 Å². The largest absolute Gasteiger partial charge is 0.381 e. The molecule has 0 aromatic rings. The minimum absolute atomic E-state index is 0.162. The summed E-state index contributed by atoms with van der Waals surface area (Å²) in [4.78, 5) is 0. The van der Waals surface area contributed by atoms with Gasteiger partial charge in [-0.25, -0.2) is 0 Å². The van der Waals surface area contributed by atoms with Gasteiger partial charge in [-0.05, 0) is 25.2 Å². The normalized spacial score (nSPS) is 17.2. The first kappa shape index (κ1) is 11.7. The molecule has 2 atom stereocenters. The lowest BCUT2D eigenvalue weighted by Gasteiger charge is -2.35. The molecule has 1 heteroatoms. The minimum Gasteiger partial charge on any atom is -0.381 e. The summed E-state index contributed by atoms with van der Waals surface area (Å²) in [6.45, 7) is 14.8. The third-order valence-corrected chi connectivity index (χ3v) is 3.31. The maximum atomic E-state index is 5.31. The standard InChI is InChI=1S/C11H22O/c1-8(2)11(5,6)9(3)10(4)12-7/h9-10H,1H2,2-7H3. The van der Waals surface area contributed by atoms with Gasteiger partial charge < -0.3 is 4.74 Å². The van der Waals surface area contributed by atoms with Crippen LogP contribution in [-0.2, 0) is 4.74 Å². The molecule has 0 aromatic heterocycles. The second-order valence-electron chi connectivity index (χ2n) is 4.23. The van der Waals surface area contributed by atoms with Crippen molar-refractivity contribution < 1.29 is 4.74 Å². The van der Waals surface area contributed by atoms with E-state index in [2.05, 4.69) is 41.2 Å². The Morgan fingerprint density at radius 3 is 2.00 bits per heavy atom. The van der Waals surface area contributed by atoms with E-state index in [1.54, 1.807) is 7.11 Å². The van der Waals surface area contributed by atoms with Crippen molar-refractivity contribution in [2.75, 3.05) is 7.11 Å². The van der Waals surface area contributed by atoms with Gasteiger partial charge in [0.05, 0.1) is 6.10 Å². The maximum absolute atomic E-state index is 5.31. The van der Waals surface area contributed by atoms with Gasteiger partial charge in [-0.2, -0.15) is 0 Å². The van der Waals surface area contributed by atoms with Crippen LogP contribution in [0.1, 0.15) is 34.6 Å². The third-order valence-electron chi connectivity index (χ3n) is 3.31. The predicted molar refractivity (Wildman–Crippen MR) is 54.2 cm³/mol. The molecule has 0 aliphatic carbocycles. The molecular formula is C11H22O. The van der Waals surface area contributed by atoms with Crippen molar-refractivity contribution in [2.45, 2.75) is 40.7 Å². The summed E-state index contributed by atoms with van der Waals surface area (Å²) in [5, 5.41) is 0. The molecular weight excluding hydrogens is 148 g/mol. The average Bonchev–Trinajstić information content (AvgIpc) is 2.01. The second kappa shape index (κ2) is 4.08. The number of allylic oxidation sites excluding steroid dienone is 1. The third kappa shape index (κ3) is 2.34. The molecule has 0 heterocycles. The average molecular weight is 170 g/mol. The van der Waals surface area contributed by atoms with Gasteiger partial charge in [0.2, 0.25) is 0 Å². The van der Waals surface area contributed by atoms with Crippen molar-refractivity contribution in [3.8, 4) is 0 Å². The lowest BCUT2D eigenvalue weighted by Crippen LogP contribution is -2.32. The molecule has 12 heavy (non-hydrogen) atoms. The predicted octanol–water partition coefficient (Wildman–Crippen LogP) is 3.26. The molecule has 72 valence electrons. The van der Waals surface area contributed by atoms with Crippen LogP contribution in [-0.4, -0.2) is 13.2 Å². The fraction of sp³-hybridized carbons (Fsp3) is 0.818. The summed E-state index contributed by atoms with van der Waals surface area (Å²) in [7, 11) is 1.76. The highest BCUT2D eigenvalue weighted by atomic mass is 16.5. The van der Waals surface area contributed by atoms with Gasteiger partial charge >= 0.3 is 0 Å². The van der Waals surface area contributed by atoms with Crippen LogP contribution in [0.2, 0.25) is 0 Å². The highest BCUT2D eigenvalue weighted by Crippen LogP contribution is 2.36. The molecule has 0 saturated carbocycles. The van der Waals surface area contributed by atoms with E-state index in [0.717, 1.165) is 0 Å². The molecule has 0 amide bonds. The number of ether oxygens (including phenoxy) is 1. The van der Waals surface area contributed by atoms with Gasteiger partial charge in [0.1, 0.15) is 0 Å². The Hall–Kier alpha value is -0.300. The smallest absolute Gasteiger partial charge is 0.0576 e. The molecule has 0 aliphatic rings. The molecule has 1 nitrogen and oxygen atoms in total. The van der Waals surface area contributed by atoms with E-state index < -0.39 is 0 Å². The molecule has 0 spiro atoms. The van der Waals surface area contributed by atoms with Crippen LogP contribution in [0.4, 0.5) is 0 Å². The molecule has 0 N–H and O–H groups in total. The van der Waals surface area contributed by atoms with Crippen LogP contribution < -0.4 is 0 Å². The Bertz CT molecular complexity index is 158. The summed E-state index contributed by atoms with van der Waals surface area (Å²) in [5.41, 5.74) is 1.38. The summed E-state index contributed by atoms with van der Waals surface area (Å²) in [6, 6.07) is 0. The Labute approximate surface area is 76.8 Å². The number of rotatable bonds is 4.